The van der Waals surface area contributed by atoms with Gasteiger partial charge in [-0.3, -0.25) is 14.5 Å². The second kappa shape index (κ2) is 13.2. The summed E-state index contributed by atoms with van der Waals surface area (Å²) in [5.41, 5.74) is 2.90. The van der Waals surface area contributed by atoms with E-state index < -0.39 is 17.7 Å². The van der Waals surface area contributed by atoms with Gasteiger partial charge in [-0.1, -0.05) is 78.9 Å². The van der Waals surface area contributed by atoms with Gasteiger partial charge in [-0.05, 0) is 72.4 Å². The Bertz CT molecular complexity index is 1790. The molecule has 2 aliphatic heterocycles. The summed E-state index contributed by atoms with van der Waals surface area (Å²) in [6.07, 6.45) is 1.58. The smallest absolute Gasteiger partial charge is 0.301 e. The first-order valence-electron chi connectivity index (χ1n) is 14.7. The fourth-order valence-electron chi connectivity index (χ4n) is 5.37. The summed E-state index contributed by atoms with van der Waals surface area (Å²) in [5, 5.41) is 21.2. The highest BCUT2D eigenvalue weighted by Crippen LogP contribution is 2.45. The Kier molecular flexibility index (Phi) is 9.16. The largest absolute Gasteiger partial charge is 0.507 e. The van der Waals surface area contributed by atoms with Crippen molar-refractivity contribution in [1.82, 2.24) is 10.2 Å². The minimum atomic E-state index is -0.948. The third-order valence-corrected chi connectivity index (χ3v) is 10.1. The van der Waals surface area contributed by atoms with Crippen molar-refractivity contribution in [3.05, 3.63) is 99.6 Å². The molecular formula is C34H32ClN3O5S2. The molecule has 0 aliphatic carbocycles. The normalized spacial score (nSPS) is 18.8. The number of carbonyl (C=O) groups is 2. The lowest BCUT2D eigenvalue weighted by atomic mass is 9.94. The Morgan fingerprint density at radius 1 is 1.13 bits per heavy atom. The number of thioether (sulfide) groups is 1. The van der Waals surface area contributed by atoms with Crippen molar-refractivity contribution in [2.24, 2.45) is 5.92 Å². The summed E-state index contributed by atoms with van der Waals surface area (Å²) in [6.45, 7) is 6.76. The number of Topliss-reactive ketones (excluding diaryl/α,β-unsaturated/α-hetero) is 1. The molecule has 0 bridgehead atoms. The summed E-state index contributed by atoms with van der Waals surface area (Å²) < 4.78 is 12.5. The molecule has 2 unspecified atom stereocenters. The van der Waals surface area contributed by atoms with Gasteiger partial charge in [-0.25, -0.2) is 0 Å². The lowest BCUT2D eigenvalue weighted by Gasteiger charge is -2.23. The number of hydrogen-bond donors (Lipinski definition) is 1. The Labute approximate surface area is 275 Å². The van der Waals surface area contributed by atoms with Crippen molar-refractivity contribution in [3.63, 3.8) is 0 Å². The molecule has 45 heavy (non-hydrogen) atoms. The van der Waals surface area contributed by atoms with Crippen LogP contribution in [0.4, 0.5) is 5.13 Å². The van der Waals surface area contributed by atoms with E-state index in [0.29, 0.717) is 50.9 Å². The van der Waals surface area contributed by atoms with Crippen LogP contribution in [0.15, 0.2) is 76.6 Å². The molecule has 0 spiro atoms. The maximum absolute atomic E-state index is 13.7. The summed E-state index contributed by atoms with van der Waals surface area (Å²) >= 11 is 8.98. The first-order valence-corrected chi connectivity index (χ1v) is 16.9. The predicted molar refractivity (Wildman–Crippen MR) is 177 cm³/mol. The molecule has 3 aromatic carbocycles. The van der Waals surface area contributed by atoms with Gasteiger partial charge in [0.15, 0.2) is 4.34 Å². The van der Waals surface area contributed by atoms with Gasteiger partial charge in [0.1, 0.15) is 23.4 Å². The molecule has 1 aromatic heterocycles. The van der Waals surface area contributed by atoms with Crippen LogP contribution in [0.2, 0.25) is 5.02 Å². The number of ether oxygens (including phenoxy) is 2. The van der Waals surface area contributed by atoms with Gasteiger partial charge in [0.2, 0.25) is 5.13 Å². The van der Waals surface area contributed by atoms with Crippen LogP contribution in [0.3, 0.4) is 0 Å². The lowest BCUT2D eigenvalue weighted by Crippen LogP contribution is -2.29. The van der Waals surface area contributed by atoms with Crippen molar-refractivity contribution < 1.29 is 24.2 Å². The average Bonchev–Trinajstić information content (AvgIpc) is 3.71. The van der Waals surface area contributed by atoms with E-state index in [9.17, 15) is 14.7 Å². The van der Waals surface area contributed by atoms with E-state index in [1.54, 1.807) is 12.1 Å². The van der Waals surface area contributed by atoms with Gasteiger partial charge in [0, 0.05) is 22.8 Å². The van der Waals surface area contributed by atoms with Crippen LogP contribution in [-0.4, -0.2) is 39.7 Å². The number of carbonyl (C=O) groups excluding carboxylic acids is 2. The fourth-order valence-corrected chi connectivity index (χ4v) is 7.52. The number of rotatable bonds is 10. The molecule has 1 fully saturated rings. The number of fused-ring (bicyclic) bond motifs is 1. The topological polar surface area (TPSA) is 102 Å². The van der Waals surface area contributed by atoms with Crippen LogP contribution >= 0.6 is 34.7 Å². The van der Waals surface area contributed by atoms with Gasteiger partial charge in [0.25, 0.3) is 5.78 Å². The van der Waals surface area contributed by atoms with Crippen LogP contribution in [0.5, 0.6) is 11.5 Å². The van der Waals surface area contributed by atoms with Crippen LogP contribution in [0.1, 0.15) is 55.5 Å². The van der Waals surface area contributed by atoms with Crippen molar-refractivity contribution in [3.8, 4) is 11.5 Å². The third-order valence-electron chi connectivity index (χ3n) is 7.66. The molecule has 11 heteroatoms. The number of halogens is 1. The standard InChI is InChI=1S/C34H32ClN3O5S2/c1-19(2)13-14-42-25-9-6-8-21(17-25)29-28(30(39)22-11-12-27-24(16-22)15-20(3)43-27)31(40)32(41)38(29)33-36-37-34(45-33)44-18-23-7-4-5-10-26(23)35/h4-12,16-17,19-20,29,39H,13-15,18H2,1-3H3/b30-28-. The fraction of sp³-hybridized carbons (Fsp3) is 0.294. The Balaban J connectivity index is 1.38. The molecule has 0 saturated carbocycles. The van der Waals surface area contributed by atoms with Gasteiger partial charge in [0.05, 0.1) is 18.2 Å². The number of amides is 1. The van der Waals surface area contributed by atoms with E-state index in [-0.39, 0.29) is 22.6 Å². The molecule has 2 atom stereocenters. The van der Waals surface area contributed by atoms with Crippen LogP contribution in [0, 0.1) is 5.92 Å². The van der Waals surface area contributed by atoms with Crippen LogP contribution in [-0.2, 0) is 21.8 Å². The average molecular weight is 662 g/mol. The first-order chi connectivity index (χ1) is 21.7. The van der Waals surface area contributed by atoms with Crippen molar-refractivity contribution in [1.29, 1.82) is 0 Å². The van der Waals surface area contributed by atoms with E-state index in [4.69, 9.17) is 21.1 Å². The maximum Gasteiger partial charge on any atom is 0.301 e. The highest BCUT2D eigenvalue weighted by atomic mass is 35.5. The molecule has 232 valence electrons. The highest BCUT2D eigenvalue weighted by Gasteiger charge is 2.48. The molecule has 0 radical (unpaired) electrons. The van der Waals surface area contributed by atoms with Crippen molar-refractivity contribution in [2.45, 2.75) is 55.9 Å². The van der Waals surface area contributed by atoms with E-state index in [0.717, 1.165) is 23.3 Å². The minimum Gasteiger partial charge on any atom is -0.507 e. The first kappa shape index (κ1) is 31.1. The number of nitrogens with zero attached hydrogens (tertiary/aromatic N) is 3. The minimum absolute atomic E-state index is 0.0174. The number of aromatic nitrogens is 2. The Morgan fingerprint density at radius 2 is 1.96 bits per heavy atom. The number of ketones is 1. The maximum atomic E-state index is 13.7. The summed E-state index contributed by atoms with van der Waals surface area (Å²) in [6, 6.07) is 19.2. The molecule has 4 aromatic rings. The molecular weight excluding hydrogens is 630 g/mol. The number of aliphatic hydroxyl groups excluding tert-OH is 1. The van der Waals surface area contributed by atoms with Gasteiger partial charge in [-0.15, -0.1) is 10.2 Å². The van der Waals surface area contributed by atoms with Gasteiger partial charge in [-0.2, -0.15) is 0 Å². The third kappa shape index (κ3) is 6.59. The van der Waals surface area contributed by atoms with Crippen LogP contribution < -0.4 is 14.4 Å². The molecule has 1 saturated heterocycles. The van der Waals surface area contributed by atoms with E-state index in [2.05, 4.69) is 24.0 Å². The van der Waals surface area contributed by atoms with Crippen molar-refractivity contribution in [2.75, 3.05) is 11.5 Å². The number of hydrogen-bond acceptors (Lipinski definition) is 9. The van der Waals surface area contributed by atoms with Gasteiger partial charge < -0.3 is 14.6 Å². The number of benzene rings is 3. The summed E-state index contributed by atoms with van der Waals surface area (Å²) in [5.74, 6) is 0.551. The SMILES string of the molecule is CC(C)CCOc1cccc(C2/C(=C(/O)c3ccc4c(c3)CC(C)O4)C(=O)C(=O)N2c2nnc(SCc3ccccc3Cl)s2)c1. The number of aliphatic hydroxyl groups is 1. The predicted octanol–water partition coefficient (Wildman–Crippen LogP) is 7.86. The van der Waals surface area contributed by atoms with E-state index >= 15 is 0 Å². The molecule has 8 nitrogen and oxygen atoms in total. The van der Waals surface area contributed by atoms with Crippen LogP contribution in [0.25, 0.3) is 5.76 Å². The second-order valence-electron chi connectivity index (χ2n) is 11.5. The Hall–Kier alpha value is -3.86. The Morgan fingerprint density at radius 3 is 2.76 bits per heavy atom. The zero-order valence-corrected chi connectivity index (χ0v) is 27.4. The number of anilines is 1. The molecule has 3 heterocycles. The van der Waals surface area contributed by atoms with E-state index in [1.165, 1.54) is 28.0 Å². The van der Waals surface area contributed by atoms with E-state index in [1.807, 2.05) is 61.5 Å². The molecule has 1 N–H and O–H groups in total. The molecule has 1 amide bonds. The van der Waals surface area contributed by atoms with Gasteiger partial charge >= 0.3 is 5.91 Å². The zero-order chi connectivity index (χ0) is 31.7. The molecule has 2 aliphatic rings. The summed E-state index contributed by atoms with van der Waals surface area (Å²) in [7, 11) is 0. The molecule has 6 rings (SSSR count). The summed E-state index contributed by atoms with van der Waals surface area (Å²) in [4.78, 5) is 28.8. The second-order valence-corrected chi connectivity index (χ2v) is 14.0. The lowest BCUT2D eigenvalue weighted by molar-refractivity contribution is -0.132. The highest BCUT2D eigenvalue weighted by molar-refractivity contribution is 8.00. The quantitative estimate of drug-likeness (QED) is 0.0603. The monoisotopic (exact) mass is 661 g/mol. The van der Waals surface area contributed by atoms with Crippen molar-refractivity contribution >= 4 is 57.3 Å². The zero-order valence-electron chi connectivity index (χ0n) is 25.0.